The van der Waals surface area contributed by atoms with Crippen LogP contribution in [0.5, 0.6) is 0 Å². The van der Waals surface area contributed by atoms with Crippen LogP contribution < -0.4 is 10.9 Å². The van der Waals surface area contributed by atoms with E-state index in [4.69, 9.17) is 11.6 Å². The van der Waals surface area contributed by atoms with Gasteiger partial charge in [0, 0.05) is 5.02 Å². The molecule has 11 heteroatoms. The molecule has 0 bridgehead atoms. The number of hydrogen-bond acceptors (Lipinski definition) is 5. The Hall–Kier alpha value is -2.82. The van der Waals surface area contributed by atoms with Gasteiger partial charge in [-0.05, 0) is 35.2 Å². The van der Waals surface area contributed by atoms with Gasteiger partial charge in [-0.25, -0.2) is 4.98 Å². The van der Waals surface area contributed by atoms with Crippen LogP contribution in [0.25, 0.3) is 10.2 Å². The number of halogens is 4. The molecular formula is C22H15ClF3N3O2S2. The SMILES string of the molecule is O=C(CSc1nc2ccsc2c(=O)n1Cc1ccccc1Cl)Nc1ccccc1C(F)(F)F. The highest BCUT2D eigenvalue weighted by Gasteiger charge is 2.33. The van der Waals surface area contributed by atoms with Crippen molar-refractivity contribution in [1.29, 1.82) is 0 Å². The highest BCUT2D eigenvalue weighted by molar-refractivity contribution is 7.99. The molecule has 0 radical (unpaired) electrons. The Balaban J connectivity index is 1.59. The molecule has 33 heavy (non-hydrogen) atoms. The first-order valence-electron chi connectivity index (χ1n) is 9.54. The first-order valence-corrected chi connectivity index (χ1v) is 11.8. The number of thioether (sulfide) groups is 1. The first kappa shape index (κ1) is 23.3. The van der Waals surface area contributed by atoms with E-state index in [1.807, 2.05) is 0 Å². The molecule has 0 aliphatic heterocycles. The number of anilines is 1. The number of carbonyl (C=O) groups is 1. The standard InChI is InChI=1S/C22H15ClF3N3O2S2/c23-15-7-3-1-5-13(15)11-29-20(31)19-17(9-10-32-19)28-21(29)33-12-18(30)27-16-8-4-2-6-14(16)22(24,25)26/h1-10H,11-12H2,(H,27,30). The molecule has 1 N–H and O–H groups in total. The molecule has 0 aliphatic rings. The molecule has 1 amide bonds. The second kappa shape index (κ2) is 9.58. The molecule has 0 spiro atoms. The van der Waals surface area contributed by atoms with Crippen LogP contribution in [0.2, 0.25) is 5.02 Å². The molecule has 170 valence electrons. The monoisotopic (exact) mass is 509 g/mol. The van der Waals surface area contributed by atoms with E-state index in [-0.39, 0.29) is 28.7 Å². The topological polar surface area (TPSA) is 64.0 Å². The fourth-order valence-electron chi connectivity index (χ4n) is 3.13. The summed E-state index contributed by atoms with van der Waals surface area (Å²) >= 11 is 8.47. The van der Waals surface area contributed by atoms with Crippen LogP contribution in [-0.4, -0.2) is 21.2 Å². The molecule has 2 heterocycles. The molecular weight excluding hydrogens is 495 g/mol. The summed E-state index contributed by atoms with van der Waals surface area (Å²) in [6.45, 7) is 0.139. The normalized spacial score (nSPS) is 11.6. The van der Waals surface area contributed by atoms with Gasteiger partial charge in [0.05, 0.1) is 29.1 Å². The van der Waals surface area contributed by atoms with Crippen LogP contribution in [-0.2, 0) is 17.5 Å². The lowest BCUT2D eigenvalue weighted by atomic mass is 10.1. The summed E-state index contributed by atoms with van der Waals surface area (Å²) in [5, 5.41) is 4.79. The van der Waals surface area contributed by atoms with Gasteiger partial charge in [-0.1, -0.05) is 53.7 Å². The van der Waals surface area contributed by atoms with E-state index in [1.54, 1.807) is 35.7 Å². The molecule has 4 rings (SSSR count). The summed E-state index contributed by atoms with van der Waals surface area (Å²) in [6, 6.07) is 13.5. The Kier molecular flexibility index (Phi) is 6.78. The van der Waals surface area contributed by atoms with E-state index in [9.17, 15) is 22.8 Å². The molecule has 0 aliphatic carbocycles. The number of alkyl halides is 3. The van der Waals surface area contributed by atoms with Gasteiger partial charge in [-0.2, -0.15) is 13.2 Å². The Bertz CT molecular complexity index is 1390. The van der Waals surface area contributed by atoms with Crippen molar-refractivity contribution >= 4 is 56.5 Å². The predicted molar refractivity (Wildman–Crippen MR) is 125 cm³/mol. The zero-order valence-corrected chi connectivity index (χ0v) is 19.1. The maximum atomic E-state index is 13.2. The zero-order chi connectivity index (χ0) is 23.6. The van der Waals surface area contributed by atoms with Crippen molar-refractivity contribution < 1.29 is 18.0 Å². The second-order valence-electron chi connectivity index (χ2n) is 6.89. The quantitative estimate of drug-likeness (QED) is 0.259. The smallest absolute Gasteiger partial charge is 0.325 e. The van der Waals surface area contributed by atoms with Gasteiger partial charge in [0.15, 0.2) is 5.16 Å². The van der Waals surface area contributed by atoms with E-state index >= 15 is 0 Å². The van der Waals surface area contributed by atoms with Crippen molar-refractivity contribution in [2.75, 3.05) is 11.1 Å². The van der Waals surface area contributed by atoms with Crippen molar-refractivity contribution in [2.45, 2.75) is 17.9 Å². The van der Waals surface area contributed by atoms with Gasteiger partial charge in [0.2, 0.25) is 5.91 Å². The summed E-state index contributed by atoms with van der Waals surface area (Å²) in [6.07, 6.45) is -4.60. The van der Waals surface area contributed by atoms with E-state index in [2.05, 4.69) is 10.3 Å². The van der Waals surface area contributed by atoms with Crippen molar-refractivity contribution in [3.05, 3.63) is 86.5 Å². The number of amides is 1. The third kappa shape index (κ3) is 5.23. The molecule has 2 aromatic heterocycles. The third-order valence-electron chi connectivity index (χ3n) is 4.66. The van der Waals surface area contributed by atoms with E-state index in [0.717, 1.165) is 17.8 Å². The number of fused-ring (bicyclic) bond motifs is 1. The van der Waals surface area contributed by atoms with Crippen molar-refractivity contribution in [1.82, 2.24) is 9.55 Å². The molecule has 0 saturated heterocycles. The lowest BCUT2D eigenvalue weighted by Crippen LogP contribution is -2.24. The van der Waals surface area contributed by atoms with Gasteiger partial charge < -0.3 is 5.32 Å². The van der Waals surface area contributed by atoms with E-state index < -0.39 is 17.6 Å². The van der Waals surface area contributed by atoms with Crippen LogP contribution in [0.3, 0.4) is 0 Å². The molecule has 2 aromatic carbocycles. The average Bonchev–Trinajstić information content (AvgIpc) is 3.24. The molecule has 0 atom stereocenters. The maximum absolute atomic E-state index is 13.2. The number of aromatic nitrogens is 2. The molecule has 4 aromatic rings. The van der Waals surface area contributed by atoms with Crippen LogP contribution in [0, 0.1) is 0 Å². The third-order valence-corrected chi connectivity index (χ3v) is 6.89. The highest BCUT2D eigenvalue weighted by atomic mass is 35.5. The number of nitrogens with one attached hydrogen (secondary N) is 1. The Morgan fingerprint density at radius 3 is 2.61 bits per heavy atom. The summed E-state index contributed by atoms with van der Waals surface area (Å²) < 4.78 is 41.5. The molecule has 0 saturated carbocycles. The minimum absolute atomic E-state index is 0.139. The molecule has 0 fully saturated rings. The van der Waals surface area contributed by atoms with Gasteiger partial charge in [0.1, 0.15) is 4.70 Å². The second-order valence-corrected chi connectivity index (χ2v) is 9.16. The van der Waals surface area contributed by atoms with Crippen molar-refractivity contribution in [3.8, 4) is 0 Å². The Morgan fingerprint density at radius 2 is 1.85 bits per heavy atom. The van der Waals surface area contributed by atoms with Crippen LogP contribution >= 0.6 is 34.7 Å². The summed E-state index contributed by atoms with van der Waals surface area (Å²) in [5.74, 6) is -0.891. The maximum Gasteiger partial charge on any atom is 0.418 e. The predicted octanol–water partition coefficient (Wildman–Crippen LogP) is 5.91. The lowest BCUT2D eigenvalue weighted by Gasteiger charge is -2.14. The number of hydrogen-bond donors (Lipinski definition) is 1. The van der Waals surface area contributed by atoms with Gasteiger partial charge in [-0.3, -0.25) is 14.2 Å². The zero-order valence-electron chi connectivity index (χ0n) is 16.7. The van der Waals surface area contributed by atoms with Crippen LogP contribution in [0.4, 0.5) is 18.9 Å². The lowest BCUT2D eigenvalue weighted by molar-refractivity contribution is -0.137. The fourth-order valence-corrected chi connectivity index (χ4v) is 4.90. The molecule has 0 unspecified atom stereocenters. The minimum Gasteiger partial charge on any atom is -0.325 e. The number of nitrogens with zero attached hydrogens (tertiary/aromatic N) is 2. The van der Waals surface area contributed by atoms with Gasteiger partial charge in [-0.15, -0.1) is 11.3 Å². The number of benzene rings is 2. The van der Waals surface area contributed by atoms with Crippen molar-refractivity contribution in [2.24, 2.45) is 0 Å². The number of thiophene rings is 1. The Labute approximate surface area is 199 Å². The van der Waals surface area contributed by atoms with Gasteiger partial charge in [0.25, 0.3) is 5.56 Å². The number of carbonyl (C=O) groups excluding carboxylic acids is 1. The van der Waals surface area contributed by atoms with Crippen LogP contribution in [0.15, 0.2) is 69.9 Å². The van der Waals surface area contributed by atoms with Crippen LogP contribution in [0.1, 0.15) is 11.1 Å². The average molecular weight is 510 g/mol. The Morgan fingerprint density at radius 1 is 1.12 bits per heavy atom. The number of rotatable bonds is 6. The largest absolute Gasteiger partial charge is 0.418 e. The van der Waals surface area contributed by atoms with Gasteiger partial charge >= 0.3 is 6.18 Å². The molecule has 5 nitrogen and oxygen atoms in total. The van der Waals surface area contributed by atoms with E-state index in [1.165, 1.54) is 34.1 Å². The highest BCUT2D eigenvalue weighted by Crippen LogP contribution is 2.34. The minimum atomic E-state index is -4.60. The van der Waals surface area contributed by atoms with Crippen molar-refractivity contribution in [3.63, 3.8) is 0 Å². The van der Waals surface area contributed by atoms with E-state index in [0.29, 0.717) is 20.8 Å². The summed E-state index contributed by atoms with van der Waals surface area (Å²) in [7, 11) is 0. The first-order chi connectivity index (χ1) is 15.7. The number of para-hydroxylation sites is 1. The fraction of sp³-hybridized carbons (Fsp3) is 0.136. The summed E-state index contributed by atoms with van der Waals surface area (Å²) in [5.41, 5.74) is -0.350. The summed E-state index contributed by atoms with van der Waals surface area (Å²) in [4.78, 5) is 30.0.